The molecular formula is C12H12F2N2O. The topological polar surface area (TPSA) is 51.2 Å². The van der Waals surface area contributed by atoms with E-state index in [-0.39, 0.29) is 0 Å². The number of nitrogens with one attached hydrogen (secondary N) is 1. The highest BCUT2D eigenvalue weighted by molar-refractivity contribution is 5.31. The highest BCUT2D eigenvalue weighted by Gasteiger charge is 2.19. The molecule has 0 aliphatic heterocycles. The molecule has 0 saturated heterocycles. The van der Waals surface area contributed by atoms with E-state index in [0.29, 0.717) is 11.3 Å². The van der Waals surface area contributed by atoms with Gasteiger partial charge in [0.1, 0.15) is 23.4 Å². The van der Waals surface area contributed by atoms with Crippen LogP contribution in [-0.4, -0.2) is 0 Å². The van der Waals surface area contributed by atoms with Crippen molar-refractivity contribution in [1.29, 1.82) is 0 Å². The van der Waals surface area contributed by atoms with Gasteiger partial charge >= 0.3 is 0 Å². The lowest BCUT2D eigenvalue weighted by Gasteiger charge is -2.15. The van der Waals surface area contributed by atoms with E-state index in [2.05, 4.69) is 5.43 Å². The van der Waals surface area contributed by atoms with Gasteiger partial charge in [-0.05, 0) is 36.2 Å². The van der Waals surface area contributed by atoms with E-state index in [1.54, 1.807) is 6.07 Å². The number of rotatable bonds is 3. The van der Waals surface area contributed by atoms with Gasteiger partial charge in [-0.25, -0.2) is 14.2 Å². The van der Waals surface area contributed by atoms with Crippen molar-refractivity contribution in [1.82, 2.24) is 5.43 Å². The van der Waals surface area contributed by atoms with Crippen LogP contribution < -0.4 is 11.3 Å². The summed E-state index contributed by atoms with van der Waals surface area (Å²) >= 11 is 0. The normalized spacial score (nSPS) is 12.7. The van der Waals surface area contributed by atoms with Crippen LogP contribution in [0.2, 0.25) is 0 Å². The second-order valence-corrected chi connectivity index (χ2v) is 3.77. The van der Waals surface area contributed by atoms with Crippen molar-refractivity contribution in [3.8, 4) is 0 Å². The van der Waals surface area contributed by atoms with Gasteiger partial charge in [-0.3, -0.25) is 5.84 Å². The maximum absolute atomic E-state index is 13.1. The van der Waals surface area contributed by atoms with E-state index >= 15 is 0 Å². The Morgan fingerprint density at radius 1 is 1.24 bits per heavy atom. The average molecular weight is 238 g/mol. The highest BCUT2D eigenvalue weighted by Crippen LogP contribution is 2.26. The van der Waals surface area contributed by atoms with Gasteiger partial charge in [0.15, 0.2) is 0 Å². The summed E-state index contributed by atoms with van der Waals surface area (Å²) in [6.07, 6.45) is 1.50. The smallest absolute Gasteiger partial charge is 0.129 e. The Morgan fingerprint density at radius 3 is 2.35 bits per heavy atom. The largest absolute Gasteiger partial charge is 0.467 e. The summed E-state index contributed by atoms with van der Waals surface area (Å²) in [7, 11) is 0. The molecule has 2 aromatic rings. The van der Waals surface area contributed by atoms with Crippen LogP contribution in [0, 0.1) is 18.6 Å². The van der Waals surface area contributed by atoms with Gasteiger partial charge < -0.3 is 4.42 Å². The Bertz CT molecular complexity index is 505. The van der Waals surface area contributed by atoms with Gasteiger partial charge in [0.25, 0.3) is 0 Å². The predicted molar refractivity (Wildman–Crippen MR) is 59.0 cm³/mol. The molecule has 0 spiro atoms. The molecule has 1 unspecified atom stereocenters. The Kier molecular flexibility index (Phi) is 3.21. The van der Waals surface area contributed by atoms with Gasteiger partial charge in [0.05, 0.1) is 6.26 Å². The van der Waals surface area contributed by atoms with Crippen LogP contribution >= 0.6 is 0 Å². The van der Waals surface area contributed by atoms with Gasteiger partial charge in [0.2, 0.25) is 0 Å². The van der Waals surface area contributed by atoms with E-state index in [1.807, 2.05) is 6.92 Å². The van der Waals surface area contributed by atoms with Crippen molar-refractivity contribution in [2.24, 2.45) is 5.84 Å². The number of benzene rings is 1. The molecule has 3 N–H and O–H groups in total. The third-order valence-corrected chi connectivity index (χ3v) is 2.55. The minimum absolute atomic E-state index is 0.378. The summed E-state index contributed by atoms with van der Waals surface area (Å²) in [6.45, 7) is 1.83. The molecule has 1 atom stereocenters. The van der Waals surface area contributed by atoms with Gasteiger partial charge in [-0.1, -0.05) is 0 Å². The lowest BCUT2D eigenvalue weighted by atomic mass is 10.0. The first-order valence-electron chi connectivity index (χ1n) is 5.08. The van der Waals surface area contributed by atoms with Gasteiger partial charge in [-0.2, -0.15) is 0 Å². The Balaban J connectivity index is 2.45. The molecule has 1 aromatic heterocycles. The summed E-state index contributed by atoms with van der Waals surface area (Å²) in [5.74, 6) is 4.65. The lowest BCUT2D eigenvalue weighted by molar-refractivity contribution is 0.446. The van der Waals surface area contributed by atoms with E-state index in [0.717, 1.165) is 11.6 Å². The number of nitrogens with two attached hydrogens (primary N) is 1. The summed E-state index contributed by atoms with van der Waals surface area (Å²) in [5, 5.41) is 0. The molecule has 0 saturated carbocycles. The van der Waals surface area contributed by atoms with E-state index < -0.39 is 17.7 Å². The standard InChI is InChI=1S/C12H12F2N2O/c1-7-2-3-17-12(7)11(16-15)8-4-9(13)6-10(14)5-8/h2-6,11,16H,15H2,1H3. The molecule has 5 heteroatoms. The second kappa shape index (κ2) is 4.65. The zero-order valence-corrected chi connectivity index (χ0v) is 9.21. The molecule has 1 aromatic carbocycles. The summed E-state index contributed by atoms with van der Waals surface area (Å²) in [4.78, 5) is 0. The molecule has 0 aliphatic carbocycles. The first-order valence-corrected chi connectivity index (χ1v) is 5.08. The number of hydrazine groups is 1. The van der Waals surface area contributed by atoms with E-state index in [9.17, 15) is 8.78 Å². The zero-order valence-electron chi connectivity index (χ0n) is 9.21. The maximum atomic E-state index is 13.1. The molecule has 0 radical (unpaired) electrons. The number of hydrogen-bond acceptors (Lipinski definition) is 3. The van der Waals surface area contributed by atoms with Crippen LogP contribution in [-0.2, 0) is 0 Å². The molecule has 0 aliphatic rings. The van der Waals surface area contributed by atoms with Crippen molar-refractivity contribution in [2.75, 3.05) is 0 Å². The van der Waals surface area contributed by atoms with E-state index in [1.165, 1.54) is 18.4 Å². The van der Waals surface area contributed by atoms with Gasteiger partial charge in [0, 0.05) is 6.07 Å². The van der Waals surface area contributed by atoms with Crippen LogP contribution in [0.3, 0.4) is 0 Å². The third kappa shape index (κ3) is 2.35. The highest BCUT2D eigenvalue weighted by atomic mass is 19.1. The van der Waals surface area contributed by atoms with Crippen LogP contribution in [0.5, 0.6) is 0 Å². The number of halogens is 2. The second-order valence-electron chi connectivity index (χ2n) is 3.77. The molecule has 2 rings (SSSR count). The summed E-state index contributed by atoms with van der Waals surface area (Å²) < 4.78 is 31.5. The van der Waals surface area contributed by atoms with E-state index in [4.69, 9.17) is 10.3 Å². The quantitative estimate of drug-likeness (QED) is 0.637. The molecule has 0 amide bonds. The maximum Gasteiger partial charge on any atom is 0.129 e. The third-order valence-electron chi connectivity index (χ3n) is 2.55. The minimum Gasteiger partial charge on any atom is -0.467 e. The number of hydrogen-bond donors (Lipinski definition) is 2. The van der Waals surface area contributed by atoms with Crippen molar-refractivity contribution in [3.63, 3.8) is 0 Å². The summed E-state index contributed by atoms with van der Waals surface area (Å²) in [6, 6.07) is 4.43. The average Bonchev–Trinajstić information content (AvgIpc) is 2.65. The molecule has 90 valence electrons. The van der Waals surface area contributed by atoms with Crippen molar-refractivity contribution in [3.05, 3.63) is 59.1 Å². The van der Waals surface area contributed by atoms with Crippen LogP contribution in [0.15, 0.2) is 34.9 Å². The Morgan fingerprint density at radius 2 is 1.88 bits per heavy atom. The van der Waals surface area contributed by atoms with Crippen LogP contribution in [0.25, 0.3) is 0 Å². The Hall–Kier alpha value is -1.72. The van der Waals surface area contributed by atoms with Crippen molar-refractivity contribution >= 4 is 0 Å². The molecule has 17 heavy (non-hydrogen) atoms. The van der Waals surface area contributed by atoms with Crippen molar-refractivity contribution < 1.29 is 13.2 Å². The van der Waals surface area contributed by atoms with Crippen LogP contribution in [0.4, 0.5) is 8.78 Å². The fourth-order valence-electron chi connectivity index (χ4n) is 1.75. The molecule has 0 bridgehead atoms. The lowest BCUT2D eigenvalue weighted by Crippen LogP contribution is -2.29. The first kappa shape index (κ1) is 11.8. The molecular weight excluding hydrogens is 226 g/mol. The SMILES string of the molecule is Cc1ccoc1C(NN)c1cc(F)cc(F)c1. The zero-order chi connectivity index (χ0) is 12.4. The minimum atomic E-state index is -0.649. The number of aryl methyl sites for hydroxylation is 1. The molecule has 3 nitrogen and oxygen atoms in total. The van der Waals surface area contributed by atoms with Crippen LogP contribution in [0.1, 0.15) is 22.9 Å². The molecule has 1 heterocycles. The number of furan rings is 1. The van der Waals surface area contributed by atoms with Crippen molar-refractivity contribution in [2.45, 2.75) is 13.0 Å². The summed E-state index contributed by atoms with van der Waals surface area (Å²) in [5.41, 5.74) is 3.73. The molecule has 0 fully saturated rings. The Labute approximate surface area is 97.2 Å². The first-order chi connectivity index (χ1) is 8.11. The monoisotopic (exact) mass is 238 g/mol. The fraction of sp³-hybridized carbons (Fsp3) is 0.167. The predicted octanol–water partition coefficient (Wildman–Crippen LogP) is 2.42. The fourth-order valence-corrected chi connectivity index (χ4v) is 1.75. The van der Waals surface area contributed by atoms with Gasteiger partial charge in [-0.15, -0.1) is 0 Å².